The van der Waals surface area contributed by atoms with Crippen LogP contribution >= 0.6 is 0 Å². The van der Waals surface area contributed by atoms with Gasteiger partial charge in [0.25, 0.3) is 0 Å². The van der Waals surface area contributed by atoms with Crippen molar-refractivity contribution < 1.29 is 0 Å². The molecular formula is C23H22. The zero-order chi connectivity index (χ0) is 16.2. The first-order chi connectivity index (χ1) is 11.4. The number of benzene rings is 4. The molecule has 0 aromatic heterocycles. The van der Waals surface area contributed by atoms with Crippen molar-refractivity contribution in [3.8, 4) is 11.1 Å². The van der Waals surface area contributed by atoms with Crippen LogP contribution in [0.5, 0.6) is 0 Å². The number of fused-ring (bicyclic) bond motifs is 3. The van der Waals surface area contributed by atoms with Gasteiger partial charge in [-0.2, -0.15) is 0 Å². The molecule has 0 saturated heterocycles. The topological polar surface area (TPSA) is 0 Å². The quantitative estimate of drug-likeness (QED) is 0.332. The second kappa shape index (κ2) is 6.66. The summed E-state index contributed by atoms with van der Waals surface area (Å²) in [6.07, 6.45) is 0. The minimum absolute atomic E-state index is 1.29. The molecule has 0 radical (unpaired) electrons. The third kappa shape index (κ3) is 2.61. The van der Waals surface area contributed by atoms with Crippen molar-refractivity contribution in [1.29, 1.82) is 0 Å². The Morgan fingerprint density at radius 1 is 0.478 bits per heavy atom. The molecule has 114 valence electrons. The van der Waals surface area contributed by atoms with Gasteiger partial charge in [-0.25, -0.2) is 0 Å². The van der Waals surface area contributed by atoms with Crippen LogP contribution in [0.15, 0.2) is 78.9 Å². The molecule has 0 heterocycles. The lowest BCUT2D eigenvalue weighted by Crippen LogP contribution is -1.89. The van der Waals surface area contributed by atoms with E-state index in [4.69, 9.17) is 0 Å². The van der Waals surface area contributed by atoms with E-state index in [-0.39, 0.29) is 0 Å². The van der Waals surface area contributed by atoms with E-state index in [1.807, 2.05) is 13.8 Å². The van der Waals surface area contributed by atoms with E-state index in [1.165, 1.54) is 38.2 Å². The molecule has 0 amide bonds. The molecule has 0 unspecified atom stereocenters. The maximum absolute atomic E-state index is 2.23. The van der Waals surface area contributed by atoms with Crippen LogP contribution in [-0.2, 0) is 0 Å². The third-order valence-corrected chi connectivity index (χ3v) is 4.26. The number of hydrogen-bond donors (Lipinski definition) is 0. The van der Waals surface area contributed by atoms with Gasteiger partial charge in [0.2, 0.25) is 0 Å². The summed E-state index contributed by atoms with van der Waals surface area (Å²) in [5.74, 6) is 0. The second-order valence-corrected chi connectivity index (χ2v) is 5.46. The third-order valence-electron chi connectivity index (χ3n) is 4.26. The Morgan fingerprint density at radius 2 is 0.913 bits per heavy atom. The van der Waals surface area contributed by atoms with Gasteiger partial charge in [-0.05, 0) is 45.2 Å². The average Bonchev–Trinajstić information content (AvgIpc) is 2.65. The fraction of sp³-hybridized carbons (Fsp3) is 0.130. The Labute approximate surface area is 138 Å². The van der Waals surface area contributed by atoms with Crippen LogP contribution in [0.4, 0.5) is 0 Å². The summed E-state index contributed by atoms with van der Waals surface area (Å²) in [5, 5.41) is 5.35. The van der Waals surface area contributed by atoms with E-state index in [9.17, 15) is 0 Å². The number of aryl methyl sites for hydroxylation is 1. The SMILES string of the molecule is CC.Cc1c(-c2ccccc2)c2ccccc2c2ccccc12. The molecule has 0 N–H and O–H groups in total. The van der Waals surface area contributed by atoms with E-state index in [0.29, 0.717) is 0 Å². The van der Waals surface area contributed by atoms with Crippen molar-refractivity contribution >= 4 is 21.5 Å². The first-order valence-electron chi connectivity index (χ1n) is 8.32. The van der Waals surface area contributed by atoms with Crippen molar-refractivity contribution in [2.45, 2.75) is 20.8 Å². The van der Waals surface area contributed by atoms with Gasteiger partial charge >= 0.3 is 0 Å². The molecule has 0 atom stereocenters. The van der Waals surface area contributed by atoms with Crippen LogP contribution < -0.4 is 0 Å². The highest BCUT2D eigenvalue weighted by Crippen LogP contribution is 2.38. The highest BCUT2D eigenvalue weighted by atomic mass is 14.1. The van der Waals surface area contributed by atoms with Crippen molar-refractivity contribution in [2.24, 2.45) is 0 Å². The van der Waals surface area contributed by atoms with E-state index in [1.54, 1.807) is 0 Å². The molecule has 4 rings (SSSR count). The lowest BCUT2D eigenvalue weighted by molar-refractivity contribution is 1.50. The molecule has 0 bridgehead atoms. The molecule has 23 heavy (non-hydrogen) atoms. The van der Waals surface area contributed by atoms with Gasteiger partial charge in [0.15, 0.2) is 0 Å². The lowest BCUT2D eigenvalue weighted by Gasteiger charge is -2.15. The summed E-state index contributed by atoms with van der Waals surface area (Å²) in [6, 6.07) is 28.1. The Hall–Kier alpha value is -2.60. The molecule has 0 aliphatic rings. The van der Waals surface area contributed by atoms with Crippen molar-refractivity contribution in [3.63, 3.8) is 0 Å². The summed E-state index contributed by atoms with van der Waals surface area (Å²) in [6.45, 7) is 6.23. The van der Waals surface area contributed by atoms with Crippen molar-refractivity contribution in [1.82, 2.24) is 0 Å². The zero-order valence-corrected chi connectivity index (χ0v) is 14.0. The first kappa shape index (κ1) is 15.3. The van der Waals surface area contributed by atoms with E-state index >= 15 is 0 Å². The van der Waals surface area contributed by atoms with E-state index in [2.05, 4.69) is 85.8 Å². The molecular weight excluding hydrogens is 276 g/mol. The van der Waals surface area contributed by atoms with Gasteiger partial charge in [-0.3, -0.25) is 0 Å². The molecule has 0 fully saturated rings. The highest BCUT2D eigenvalue weighted by molar-refractivity contribution is 6.15. The molecule has 4 aromatic carbocycles. The van der Waals surface area contributed by atoms with Crippen molar-refractivity contribution in [2.75, 3.05) is 0 Å². The molecule has 0 spiro atoms. The number of hydrogen-bond acceptors (Lipinski definition) is 0. The summed E-state index contributed by atoms with van der Waals surface area (Å²) in [5.41, 5.74) is 4.00. The molecule has 0 nitrogen and oxygen atoms in total. The Kier molecular flexibility index (Phi) is 4.43. The predicted molar refractivity (Wildman–Crippen MR) is 103 cm³/mol. The lowest BCUT2D eigenvalue weighted by atomic mass is 9.89. The minimum atomic E-state index is 1.29. The normalized spacial score (nSPS) is 10.4. The standard InChI is InChI=1S/C21H16.C2H6/c1-15-17-11-5-6-12-18(17)19-13-7-8-14-20(19)21(15)16-9-3-2-4-10-16;1-2/h2-14H,1H3;1-2H3. The smallest absolute Gasteiger partial charge is 0.00697 e. The minimum Gasteiger partial charge on any atom is -0.0683 e. The maximum Gasteiger partial charge on any atom is -0.00697 e. The summed E-state index contributed by atoms with van der Waals surface area (Å²) in [7, 11) is 0. The van der Waals surface area contributed by atoms with Crippen LogP contribution in [0, 0.1) is 6.92 Å². The van der Waals surface area contributed by atoms with E-state index < -0.39 is 0 Å². The number of rotatable bonds is 1. The largest absolute Gasteiger partial charge is 0.0683 e. The summed E-state index contributed by atoms with van der Waals surface area (Å²) in [4.78, 5) is 0. The van der Waals surface area contributed by atoms with Gasteiger partial charge in [0.1, 0.15) is 0 Å². The van der Waals surface area contributed by atoms with Crippen LogP contribution in [0.3, 0.4) is 0 Å². The van der Waals surface area contributed by atoms with Gasteiger partial charge in [-0.1, -0.05) is 92.7 Å². The maximum atomic E-state index is 2.23. The zero-order valence-electron chi connectivity index (χ0n) is 14.0. The Morgan fingerprint density at radius 3 is 1.52 bits per heavy atom. The van der Waals surface area contributed by atoms with E-state index in [0.717, 1.165) is 0 Å². The van der Waals surface area contributed by atoms with Crippen molar-refractivity contribution in [3.05, 3.63) is 84.4 Å². The van der Waals surface area contributed by atoms with Crippen LogP contribution in [-0.4, -0.2) is 0 Å². The summed E-state index contributed by atoms with van der Waals surface area (Å²) < 4.78 is 0. The summed E-state index contributed by atoms with van der Waals surface area (Å²) >= 11 is 0. The van der Waals surface area contributed by atoms with Gasteiger partial charge in [0.05, 0.1) is 0 Å². The first-order valence-corrected chi connectivity index (χ1v) is 8.32. The molecule has 0 heteroatoms. The highest BCUT2D eigenvalue weighted by Gasteiger charge is 2.11. The van der Waals surface area contributed by atoms with Crippen LogP contribution in [0.2, 0.25) is 0 Å². The van der Waals surface area contributed by atoms with Gasteiger partial charge in [0, 0.05) is 0 Å². The fourth-order valence-corrected chi connectivity index (χ4v) is 3.29. The molecule has 0 aliphatic heterocycles. The molecule has 4 aromatic rings. The average molecular weight is 298 g/mol. The van der Waals surface area contributed by atoms with Crippen LogP contribution in [0.1, 0.15) is 19.4 Å². The second-order valence-electron chi connectivity index (χ2n) is 5.46. The molecule has 0 saturated carbocycles. The predicted octanol–water partition coefficient (Wildman–Crippen LogP) is 6.99. The van der Waals surface area contributed by atoms with Crippen LogP contribution in [0.25, 0.3) is 32.7 Å². The Bertz CT molecular complexity index is 934. The fourth-order valence-electron chi connectivity index (χ4n) is 3.29. The molecule has 0 aliphatic carbocycles. The van der Waals surface area contributed by atoms with Gasteiger partial charge < -0.3 is 0 Å². The Balaban J connectivity index is 0.000000753. The monoisotopic (exact) mass is 298 g/mol. The van der Waals surface area contributed by atoms with Gasteiger partial charge in [-0.15, -0.1) is 0 Å².